The molecule has 0 fully saturated rings. The third-order valence-corrected chi connectivity index (χ3v) is 4.59. The molecule has 1 heterocycles. The summed E-state index contributed by atoms with van der Waals surface area (Å²) in [6, 6.07) is 13.3. The van der Waals surface area contributed by atoms with Crippen LogP contribution >= 0.6 is 27.3 Å². The normalized spacial score (nSPS) is 11.0. The van der Waals surface area contributed by atoms with E-state index < -0.39 is 0 Å². The standard InChI is InChI=1S/C17H13BrN2O2S/c1-22-13-7-8-14-15(10-13)23-17(19-14)20-16(21)9-4-11-2-5-12(18)6-3-11/h2-10H,1H3,(H,19,20,21)/b9-4+. The maximum Gasteiger partial charge on any atom is 0.250 e. The van der Waals surface area contributed by atoms with E-state index in [1.807, 2.05) is 42.5 Å². The average molecular weight is 389 g/mol. The van der Waals surface area contributed by atoms with Gasteiger partial charge in [-0.2, -0.15) is 0 Å². The zero-order valence-electron chi connectivity index (χ0n) is 12.2. The van der Waals surface area contributed by atoms with Gasteiger partial charge in [-0.15, -0.1) is 0 Å². The molecule has 0 radical (unpaired) electrons. The summed E-state index contributed by atoms with van der Waals surface area (Å²) in [5.41, 5.74) is 1.79. The molecule has 0 atom stereocenters. The van der Waals surface area contributed by atoms with Gasteiger partial charge in [-0.05, 0) is 42.0 Å². The lowest BCUT2D eigenvalue weighted by molar-refractivity contribution is -0.111. The summed E-state index contributed by atoms with van der Waals surface area (Å²) in [5, 5.41) is 3.35. The van der Waals surface area contributed by atoms with Gasteiger partial charge in [0, 0.05) is 10.5 Å². The topological polar surface area (TPSA) is 51.2 Å². The second-order valence-corrected chi connectivity index (χ2v) is 6.67. The molecule has 1 N–H and O–H groups in total. The van der Waals surface area contributed by atoms with E-state index in [2.05, 4.69) is 26.2 Å². The van der Waals surface area contributed by atoms with Crippen molar-refractivity contribution in [3.63, 3.8) is 0 Å². The van der Waals surface area contributed by atoms with Crippen LogP contribution in [0.1, 0.15) is 5.56 Å². The molecule has 0 aliphatic rings. The number of aromatic nitrogens is 1. The number of carbonyl (C=O) groups excluding carboxylic acids is 1. The Balaban J connectivity index is 1.71. The molecule has 3 rings (SSSR count). The number of hydrogen-bond donors (Lipinski definition) is 1. The largest absolute Gasteiger partial charge is 0.497 e. The quantitative estimate of drug-likeness (QED) is 0.657. The predicted molar refractivity (Wildman–Crippen MR) is 98.0 cm³/mol. The minimum absolute atomic E-state index is 0.209. The van der Waals surface area contributed by atoms with Gasteiger partial charge in [0.25, 0.3) is 0 Å². The van der Waals surface area contributed by atoms with Gasteiger partial charge in [0.1, 0.15) is 5.75 Å². The fourth-order valence-electron chi connectivity index (χ4n) is 1.98. The third-order valence-electron chi connectivity index (χ3n) is 3.12. The van der Waals surface area contributed by atoms with Crippen LogP contribution in [0.2, 0.25) is 0 Å². The van der Waals surface area contributed by atoms with Gasteiger partial charge in [0.2, 0.25) is 5.91 Å². The maximum atomic E-state index is 12.0. The van der Waals surface area contributed by atoms with Crippen molar-refractivity contribution >= 4 is 54.6 Å². The molecule has 0 unspecified atom stereocenters. The molecule has 0 aliphatic carbocycles. The minimum atomic E-state index is -0.209. The first kappa shape index (κ1) is 15.7. The van der Waals surface area contributed by atoms with Gasteiger partial charge in [-0.1, -0.05) is 39.4 Å². The predicted octanol–water partition coefficient (Wildman–Crippen LogP) is 4.72. The molecule has 23 heavy (non-hydrogen) atoms. The third kappa shape index (κ3) is 3.97. The summed E-state index contributed by atoms with van der Waals surface area (Å²) in [6.45, 7) is 0. The fraction of sp³-hybridized carbons (Fsp3) is 0.0588. The second kappa shape index (κ2) is 6.93. The van der Waals surface area contributed by atoms with Crippen LogP contribution in [0.4, 0.5) is 5.13 Å². The van der Waals surface area contributed by atoms with E-state index in [-0.39, 0.29) is 5.91 Å². The van der Waals surface area contributed by atoms with E-state index in [4.69, 9.17) is 4.74 Å². The van der Waals surface area contributed by atoms with Crippen LogP contribution < -0.4 is 10.1 Å². The molecule has 3 aromatic rings. The summed E-state index contributed by atoms with van der Waals surface area (Å²) in [5.74, 6) is 0.563. The molecule has 116 valence electrons. The van der Waals surface area contributed by atoms with Gasteiger partial charge < -0.3 is 4.74 Å². The van der Waals surface area contributed by atoms with Crippen molar-refractivity contribution in [2.75, 3.05) is 12.4 Å². The molecule has 0 bridgehead atoms. The lowest BCUT2D eigenvalue weighted by Crippen LogP contribution is -2.07. The highest BCUT2D eigenvalue weighted by Crippen LogP contribution is 2.29. The molecule has 0 saturated heterocycles. The van der Waals surface area contributed by atoms with Crippen LogP contribution in [0.5, 0.6) is 5.75 Å². The van der Waals surface area contributed by atoms with Crippen LogP contribution in [0, 0.1) is 0 Å². The molecule has 0 spiro atoms. The highest BCUT2D eigenvalue weighted by atomic mass is 79.9. The van der Waals surface area contributed by atoms with Crippen molar-refractivity contribution < 1.29 is 9.53 Å². The van der Waals surface area contributed by atoms with E-state index >= 15 is 0 Å². The molecule has 2 aromatic carbocycles. The lowest BCUT2D eigenvalue weighted by Gasteiger charge is -1.96. The Morgan fingerprint density at radius 2 is 2.04 bits per heavy atom. The zero-order valence-corrected chi connectivity index (χ0v) is 14.6. The van der Waals surface area contributed by atoms with E-state index in [1.54, 1.807) is 13.2 Å². The summed E-state index contributed by atoms with van der Waals surface area (Å²) in [7, 11) is 1.62. The van der Waals surface area contributed by atoms with E-state index in [0.717, 1.165) is 26.0 Å². The van der Waals surface area contributed by atoms with Crippen LogP contribution in [0.15, 0.2) is 53.0 Å². The number of anilines is 1. The Bertz CT molecular complexity index is 872. The molecule has 1 amide bonds. The van der Waals surface area contributed by atoms with Crippen LogP contribution in [0.25, 0.3) is 16.3 Å². The minimum Gasteiger partial charge on any atom is -0.497 e. The highest BCUT2D eigenvalue weighted by Gasteiger charge is 2.06. The molecule has 1 aromatic heterocycles. The second-order valence-electron chi connectivity index (χ2n) is 4.73. The summed E-state index contributed by atoms with van der Waals surface area (Å²) >= 11 is 4.79. The molecule has 0 aliphatic heterocycles. The highest BCUT2D eigenvalue weighted by molar-refractivity contribution is 9.10. The fourth-order valence-corrected chi connectivity index (χ4v) is 3.14. The number of hydrogen-bond acceptors (Lipinski definition) is 4. The summed E-state index contributed by atoms with van der Waals surface area (Å²) in [4.78, 5) is 16.4. The van der Waals surface area contributed by atoms with Crippen molar-refractivity contribution in [2.45, 2.75) is 0 Å². The van der Waals surface area contributed by atoms with Crippen molar-refractivity contribution in [3.8, 4) is 5.75 Å². The Labute approximate surface area is 145 Å². The van der Waals surface area contributed by atoms with Crippen molar-refractivity contribution in [3.05, 3.63) is 58.6 Å². The number of methoxy groups -OCH3 is 1. The number of fused-ring (bicyclic) bond motifs is 1. The SMILES string of the molecule is COc1ccc2nc(NC(=O)/C=C/c3ccc(Br)cc3)sc2c1. The number of thiazole rings is 1. The number of nitrogens with zero attached hydrogens (tertiary/aromatic N) is 1. The van der Waals surface area contributed by atoms with E-state index in [0.29, 0.717) is 5.13 Å². The number of benzene rings is 2. The van der Waals surface area contributed by atoms with Crippen molar-refractivity contribution in [2.24, 2.45) is 0 Å². The summed E-state index contributed by atoms with van der Waals surface area (Å²) < 4.78 is 7.16. The summed E-state index contributed by atoms with van der Waals surface area (Å²) in [6.07, 6.45) is 3.26. The average Bonchev–Trinajstić information content (AvgIpc) is 2.95. The Morgan fingerprint density at radius 1 is 1.26 bits per heavy atom. The molecule has 0 saturated carbocycles. The van der Waals surface area contributed by atoms with E-state index in [9.17, 15) is 4.79 Å². The van der Waals surface area contributed by atoms with Gasteiger partial charge in [-0.3, -0.25) is 10.1 Å². The first-order chi connectivity index (χ1) is 11.1. The number of carbonyl (C=O) groups is 1. The number of ether oxygens (including phenoxy) is 1. The van der Waals surface area contributed by atoms with Crippen LogP contribution in [-0.4, -0.2) is 18.0 Å². The molecular formula is C17H13BrN2O2S. The molecule has 6 heteroatoms. The van der Waals surface area contributed by atoms with Crippen LogP contribution in [0.3, 0.4) is 0 Å². The Kier molecular flexibility index (Phi) is 4.73. The Morgan fingerprint density at radius 3 is 2.78 bits per heavy atom. The number of amides is 1. The number of halogens is 1. The number of rotatable bonds is 4. The monoisotopic (exact) mass is 388 g/mol. The van der Waals surface area contributed by atoms with Crippen LogP contribution in [-0.2, 0) is 4.79 Å². The van der Waals surface area contributed by atoms with Crippen molar-refractivity contribution in [1.82, 2.24) is 4.98 Å². The smallest absolute Gasteiger partial charge is 0.250 e. The van der Waals surface area contributed by atoms with E-state index in [1.165, 1.54) is 17.4 Å². The van der Waals surface area contributed by atoms with Gasteiger partial charge in [0.05, 0.1) is 17.3 Å². The first-order valence-corrected chi connectivity index (χ1v) is 8.44. The molecule has 4 nitrogen and oxygen atoms in total. The van der Waals surface area contributed by atoms with Crippen molar-refractivity contribution in [1.29, 1.82) is 0 Å². The van der Waals surface area contributed by atoms with Gasteiger partial charge in [0.15, 0.2) is 5.13 Å². The van der Waals surface area contributed by atoms with Gasteiger partial charge in [-0.25, -0.2) is 4.98 Å². The number of nitrogens with one attached hydrogen (secondary N) is 1. The zero-order chi connectivity index (χ0) is 16.2. The maximum absolute atomic E-state index is 12.0. The Hall–Kier alpha value is -2.18. The molecular weight excluding hydrogens is 376 g/mol. The lowest BCUT2D eigenvalue weighted by atomic mass is 10.2. The van der Waals surface area contributed by atoms with Gasteiger partial charge >= 0.3 is 0 Å². The first-order valence-electron chi connectivity index (χ1n) is 6.83.